The summed E-state index contributed by atoms with van der Waals surface area (Å²) in [4.78, 5) is 66.2. The summed E-state index contributed by atoms with van der Waals surface area (Å²) < 4.78 is 18.6. The van der Waals surface area contributed by atoms with Gasteiger partial charge in [-0.25, -0.2) is 4.39 Å². The van der Waals surface area contributed by atoms with Gasteiger partial charge in [0.2, 0.25) is 11.8 Å². The summed E-state index contributed by atoms with van der Waals surface area (Å²) in [5, 5.41) is 5.28. The number of Topliss-reactive ketones (excluding diaryl/α,β-unsaturated/α-hetero) is 1. The number of esters is 1. The van der Waals surface area contributed by atoms with Crippen LogP contribution in [0.15, 0.2) is 48.5 Å². The summed E-state index contributed by atoms with van der Waals surface area (Å²) in [5.74, 6) is -3.30. The number of carbonyl (C=O) groups excluding carboxylic acids is 5. The van der Waals surface area contributed by atoms with E-state index in [0.29, 0.717) is 24.1 Å². The van der Waals surface area contributed by atoms with Crippen LogP contribution in [0.25, 0.3) is 0 Å². The Morgan fingerprint density at radius 2 is 1.74 bits per heavy atom. The molecule has 0 aliphatic carbocycles. The first-order chi connectivity index (χ1) is 18.5. The number of para-hydroxylation sites is 1. The molecule has 2 aromatic carbocycles. The van der Waals surface area contributed by atoms with E-state index in [-0.39, 0.29) is 6.42 Å². The fourth-order valence-electron chi connectivity index (χ4n) is 4.96. The van der Waals surface area contributed by atoms with Crippen LogP contribution in [0.3, 0.4) is 0 Å². The Morgan fingerprint density at radius 1 is 1.05 bits per heavy atom. The first kappa shape index (κ1) is 27.9. The molecule has 0 saturated carbocycles. The smallest absolute Gasteiger partial charge is 0.308 e. The number of aryl methyl sites for hydroxylation is 1. The van der Waals surface area contributed by atoms with Gasteiger partial charge >= 0.3 is 5.97 Å². The van der Waals surface area contributed by atoms with Crippen LogP contribution in [-0.4, -0.2) is 59.9 Å². The monoisotopic (exact) mass is 537 g/mol. The standard InChI is InChI=1S/C29H32FN3O6/c1-29(2,3)39-24(35)15-21(23(34)16-30)32-27(37)22-14-19-11-7-10-17-12-13-20(28(38)33(22)25(17)19)31-26(36)18-8-5-4-6-9-18/h4-11,20-22H,12-16H2,1-3H3,(H,31,36)(H,32,37)/t20-,21?,22-/m0/s1. The molecule has 2 aromatic rings. The van der Waals surface area contributed by atoms with Gasteiger partial charge < -0.3 is 15.4 Å². The summed E-state index contributed by atoms with van der Waals surface area (Å²) in [5.41, 5.74) is 1.82. The number of hydrogen-bond acceptors (Lipinski definition) is 6. The molecule has 0 saturated heterocycles. The molecule has 3 atom stereocenters. The van der Waals surface area contributed by atoms with Crippen LogP contribution < -0.4 is 15.5 Å². The molecular weight excluding hydrogens is 505 g/mol. The number of hydrogen-bond donors (Lipinski definition) is 2. The largest absolute Gasteiger partial charge is 0.460 e. The Hall–Kier alpha value is -4.08. The van der Waals surface area contributed by atoms with Crippen LogP contribution in [0.5, 0.6) is 0 Å². The second kappa shape index (κ2) is 11.3. The maximum atomic E-state index is 13.8. The highest BCUT2D eigenvalue weighted by atomic mass is 19.1. The molecule has 0 aromatic heterocycles. The number of amides is 3. The molecule has 39 heavy (non-hydrogen) atoms. The van der Waals surface area contributed by atoms with Gasteiger partial charge in [-0.15, -0.1) is 0 Å². The Morgan fingerprint density at radius 3 is 2.41 bits per heavy atom. The lowest BCUT2D eigenvalue weighted by atomic mass is 10.0. The number of halogens is 1. The molecule has 1 unspecified atom stereocenters. The summed E-state index contributed by atoms with van der Waals surface area (Å²) in [6.07, 6.45) is 0.463. The summed E-state index contributed by atoms with van der Waals surface area (Å²) >= 11 is 0. The van der Waals surface area contributed by atoms with Crippen molar-refractivity contribution < 1.29 is 33.1 Å². The predicted molar refractivity (Wildman–Crippen MR) is 141 cm³/mol. The fourth-order valence-corrected chi connectivity index (χ4v) is 4.96. The number of alkyl halides is 1. The van der Waals surface area contributed by atoms with Gasteiger partial charge in [0.1, 0.15) is 30.4 Å². The van der Waals surface area contributed by atoms with Crippen molar-refractivity contribution in [3.63, 3.8) is 0 Å². The average molecular weight is 538 g/mol. The van der Waals surface area contributed by atoms with Crippen molar-refractivity contribution in [2.45, 2.75) is 70.2 Å². The molecule has 3 amide bonds. The SMILES string of the molecule is CC(C)(C)OC(=O)CC(NC(=O)[C@@H]1Cc2cccc3c2N1C(=O)[C@@H](NC(=O)c1ccccc1)CC3)C(=O)CF. The lowest BCUT2D eigenvalue weighted by molar-refractivity contribution is -0.156. The lowest BCUT2D eigenvalue weighted by Gasteiger charge is -2.29. The van der Waals surface area contributed by atoms with Crippen molar-refractivity contribution in [2.75, 3.05) is 11.6 Å². The van der Waals surface area contributed by atoms with Crippen LogP contribution in [-0.2, 0) is 36.8 Å². The van der Waals surface area contributed by atoms with Crippen molar-refractivity contribution >= 4 is 35.2 Å². The minimum atomic E-state index is -1.45. The van der Waals surface area contributed by atoms with Gasteiger partial charge in [0.15, 0.2) is 5.78 Å². The Balaban J connectivity index is 1.57. The van der Waals surface area contributed by atoms with Crippen molar-refractivity contribution in [1.29, 1.82) is 0 Å². The van der Waals surface area contributed by atoms with Gasteiger partial charge in [0.25, 0.3) is 5.91 Å². The first-order valence-electron chi connectivity index (χ1n) is 12.9. The van der Waals surface area contributed by atoms with Crippen LogP contribution in [0.2, 0.25) is 0 Å². The van der Waals surface area contributed by atoms with E-state index in [1.54, 1.807) is 51.1 Å². The zero-order chi connectivity index (χ0) is 28.3. The zero-order valence-electron chi connectivity index (χ0n) is 22.2. The van der Waals surface area contributed by atoms with Crippen molar-refractivity contribution in [1.82, 2.24) is 10.6 Å². The highest BCUT2D eigenvalue weighted by molar-refractivity contribution is 6.09. The molecule has 2 N–H and O–H groups in total. The number of carbonyl (C=O) groups is 5. The Labute approximate surface area is 226 Å². The third kappa shape index (κ3) is 6.32. The number of ketones is 1. The Bertz CT molecular complexity index is 1290. The molecule has 4 rings (SSSR count). The molecule has 0 fully saturated rings. The molecule has 2 aliphatic rings. The van der Waals surface area contributed by atoms with Gasteiger partial charge in [-0.1, -0.05) is 36.4 Å². The van der Waals surface area contributed by atoms with Crippen molar-refractivity contribution in [3.8, 4) is 0 Å². The summed E-state index contributed by atoms with van der Waals surface area (Å²) in [7, 11) is 0. The van der Waals surface area contributed by atoms with E-state index >= 15 is 0 Å². The average Bonchev–Trinajstić information content (AvgIpc) is 3.23. The molecule has 9 nitrogen and oxygen atoms in total. The molecule has 2 heterocycles. The third-order valence-corrected chi connectivity index (χ3v) is 6.68. The van der Waals surface area contributed by atoms with Gasteiger partial charge in [-0.05, 0) is 56.9 Å². The van der Waals surface area contributed by atoms with Gasteiger partial charge in [-0.2, -0.15) is 0 Å². The highest BCUT2D eigenvalue weighted by Crippen LogP contribution is 2.39. The van der Waals surface area contributed by atoms with E-state index < -0.39 is 66.3 Å². The quantitative estimate of drug-likeness (QED) is 0.499. The van der Waals surface area contributed by atoms with E-state index in [0.717, 1.165) is 11.1 Å². The number of ether oxygens (including phenoxy) is 1. The van der Waals surface area contributed by atoms with Crippen LogP contribution in [0.4, 0.5) is 10.1 Å². The lowest BCUT2D eigenvalue weighted by Crippen LogP contribution is -2.56. The minimum Gasteiger partial charge on any atom is -0.460 e. The molecule has 0 spiro atoms. The maximum Gasteiger partial charge on any atom is 0.308 e. The zero-order valence-corrected chi connectivity index (χ0v) is 22.2. The van der Waals surface area contributed by atoms with Crippen LogP contribution >= 0.6 is 0 Å². The van der Waals surface area contributed by atoms with E-state index in [4.69, 9.17) is 4.74 Å². The molecule has 0 bridgehead atoms. The number of nitrogens with one attached hydrogen (secondary N) is 2. The normalized spacial score (nSPS) is 19.0. The minimum absolute atomic E-state index is 0.170. The Kier molecular flexibility index (Phi) is 8.13. The number of benzene rings is 2. The van der Waals surface area contributed by atoms with Crippen molar-refractivity contribution in [2.24, 2.45) is 0 Å². The number of rotatable bonds is 8. The first-order valence-corrected chi connectivity index (χ1v) is 12.9. The number of anilines is 1. The molecule has 206 valence electrons. The van der Waals surface area contributed by atoms with Crippen molar-refractivity contribution in [3.05, 3.63) is 65.2 Å². The molecule has 10 heteroatoms. The summed E-state index contributed by atoms with van der Waals surface area (Å²) in [6.45, 7) is 3.58. The van der Waals surface area contributed by atoms with Gasteiger partial charge in [0, 0.05) is 12.0 Å². The van der Waals surface area contributed by atoms with E-state index in [2.05, 4.69) is 10.6 Å². The number of nitrogens with zero attached hydrogens (tertiary/aromatic N) is 1. The third-order valence-electron chi connectivity index (χ3n) is 6.68. The van der Waals surface area contributed by atoms with Gasteiger partial charge in [0.05, 0.1) is 12.1 Å². The van der Waals surface area contributed by atoms with Crippen LogP contribution in [0, 0.1) is 0 Å². The molecular formula is C29H32FN3O6. The van der Waals surface area contributed by atoms with Crippen LogP contribution in [0.1, 0.15) is 55.1 Å². The maximum absolute atomic E-state index is 13.8. The summed E-state index contributed by atoms with van der Waals surface area (Å²) in [6, 6.07) is 10.7. The van der Waals surface area contributed by atoms with E-state index in [9.17, 15) is 28.4 Å². The molecule has 0 radical (unpaired) electrons. The van der Waals surface area contributed by atoms with E-state index in [1.807, 2.05) is 18.2 Å². The fraction of sp³-hybridized carbons (Fsp3) is 0.414. The topological polar surface area (TPSA) is 122 Å². The second-order valence-electron chi connectivity index (χ2n) is 10.7. The molecule has 2 aliphatic heterocycles. The predicted octanol–water partition coefficient (Wildman–Crippen LogP) is 2.44. The second-order valence-corrected chi connectivity index (χ2v) is 10.7. The van der Waals surface area contributed by atoms with Gasteiger partial charge in [-0.3, -0.25) is 28.9 Å². The highest BCUT2D eigenvalue weighted by Gasteiger charge is 2.44. The van der Waals surface area contributed by atoms with E-state index in [1.165, 1.54) is 4.90 Å².